The Labute approximate surface area is 121 Å². The van der Waals surface area contributed by atoms with Crippen molar-refractivity contribution in [3.05, 3.63) is 35.9 Å². The zero-order chi connectivity index (χ0) is 13.8. The Hall–Kier alpha value is -1.35. The molecule has 3 nitrogen and oxygen atoms in total. The predicted molar refractivity (Wildman–Crippen MR) is 80.6 cm³/mol. The lowest BCUT2D eigenvalue weighted by Gasteiger charge is -2.32. The summed E-state index contributed by atoms with van der Waals surface area (Å²) in [5, 5.41) is 6.67. The van der Waals surface area contributed by atoms with Gasteiger partial charge in [0.15, 0.2) is 0 Å². The number of hydrogen-bond acceptors (Lipinski definition) is 2. The molecule has 1 amide bonds. The minimum atomic E-state index is -0.272. The van der Waals surface area contributed by atoms with Gasteiger partial charge in [-0.1, -0.05) is 43.2 Å². The monoisotopic (exact) mass is 272 g/mol. The highest BCUT2D eigenvalue weighted by atomic mass is 16.2. The number of rotatable bonds is 3. The molecule has 0 radical (unpaired) electrons. The lowest BCUT2D eigenvalue weighted by atomic mass is 9.77. The number of nitrogens with one attached hydrogen (secondary N) is 2. The highest BCUT2D eigenvalue weighted by molar-refractivity contribution is 5.88. The van der Waals surface area contributed by atoms with Crippen molar-refractivity contribution in [2.24, 2.45) is 0 Å². The van der Waals surface area contributed by atoms with Crippen molar-refractivity contribution in [3.63, 3.8) is 0 Å². The van der Waals surface area contributed by atoms with Crippen LogP contribution >= 0.6 is 0 Å². The van der Waals surface area contributed by atoms with E-state index >= 15 is 0 Å². The first-order chi connectivity index (χ1) is 9.81. The molecule has 3 heteroatoms. The summed E-state index contributed by atoms with van der Waals surface area (Å²) in [6, 6.07) is 10.7. The van der Waals surface area contributed by atoms with Crippen LogP contribution in [0.15, 0.2) is 30.3 Å². The van der Waals surface area contributed by atoms with E-state index in [-0.39, 0.29) is 11.3 Å². The van der Waals surface area contributed by atoms with Crippen LogP contribution in [0.1, 0.15) is 44.1 Å². The maximum absolute atomic E-state index is 12.9. The van der Waals surface area contributed by atoms with Gasteiger partial charge in [-0.2, -0.15) is 0 Å². The molecule has 108 valence electrons. The highest BCUT2D eigenvalue weighted by Gasteiger charge is 2.43. The van der Waals surface area contributed by atoms with Crippen LogP contribution in [0.5, 0.6) is 0 Å². The molecular weight excluding hydrogens is 248 g/mol. The van der Waals surface area contributed by atoms with Gasteiger partial charge in [0.2, 0.25) is 5.91 Å². The predicted octanol–water partition coefficient (Wildman–Crippen LogP) is 2.37. The fourth-order valence-corrected chi connectivity index (χ4v) is 3.67. The summed E-state index contributed by atoms with van der Waals surface area (Å²) in [5.41, 5.74) is 0.926. The zero-order valence-electron chi connectivity index (χ0n) is 12.0. The molecule has 1 heterocycles. The SMILES string of the molecule is O=C(NC1CCNCC1)C1(c2ccccc2)CCCC1. The second-order valence-electron chi connectivity index (χ2n) is 6.15. The average Bonchev–Trinajstić information content (AvgIpc) is 3.00. The number of amides is 1. The molecule has 0 unspecified atom stereocenters. The van der Waals surface area contributed by atoms with Gasteiger partial charge in [0.25, 0.3) is 0 Å². The fraction of sp³-hybridized carbons (Fsp3) is 0.588. The minimum absolute atomic E-state index is 0.258. The number of piperidine rings is 1. The van der Waals surface area contributed by atoms with Crippen molar-refractivity contribution >= 4 is 5.91 Å². The van der Waals surface area contributed by atoms with Crippen LogP contribution in [0.4, 0.5) is 0 Å². The van der Waals surface area contributed by atoms with E-state index < -0.39 is 0 Å². The third kappa shape index (κ3) is 2.59. The van der Waals surface area contributed by atoms with Crippen LogP contribution in [0.25, 0.3) is 0 Å². The molecule has 0 bridgehead atoms. The normalized spacial score (nSPS) is 22.6. The third-order valence-electron chi connectivity index (χ3n) is 4.89. The Morgan fingerprint density at radius 2 is 1.75 bits per heavy atom. The maximum Gasteiger partial charge on any atom is 0.230 e. The van der Waals surface area contributed by atoms with E-state index in [9.17, 15) is 4.79 Å². The van der Waals surface area contributed by atoms with Gasteiger partial charge < -0.3 is 10.6 Å². The molecule has 0 atom stereocenters. The molecule has 1 aromatic carbocycles. The molecule has 1 aromatic rings. The van der Waals surface area contributed by atoms with Gasteiger partial charge in [0, 0.05) is 6.04 Å². The van der Waals surface area contributed by atoms with Crippen molar-refractivity contribution in [3.8, 4) is 0 Å². The summed E-state index contributed by atoms with van der Waals surface area (Å²) in [6.07, 6.45) is 6.41. The van der Waals surface area contributed by atoms with Gasteiger partial charge in [0.1, 0.15) is 0 Å². The fourth-order valence-electron chi connectivity index (χ4n) is 3.67. The van der Waals surface area contributed by atoms with E-state index in [0.29, 0.717) is 6.04 Å². The molecule has 1 saturated carbocycles. The van der Waals surface area contributed by atoms with Gasteiger partial charge in [-0.3, -0.25) is 4.79 Å². The first kappa shape index (κ1) is 13.6. The van der Waals surface area contributed by atoms with Crippen LogP contribution in [0.2, 0.25) is 0 Å². The van der Waals surface area contributed by atoms with E-state index in [4.69, 9.17) is 0 Å². The molecule has 3 rings (SSSR count). The smallest absolute Gasteiger partial charge is 0.230 e. The molecule has 0 spiro atoms. The summed E-state index contributed by atoms with van der Waals surface area (Å²) in [5.74, 6) is 0.258. The number of carbonyl (C=O) groups is 1. The Morgan fingerprint density at radius 3 is 2.40 bits per heavy atom. The van der Waals surface area contributed by atoms with Gasteiger partial charge in [-0.15, -0.1) is 0 Å². The van der Waals surface area contributed by atoms with Crippen LogP contribution in [0, 0.1) is 0 Å². The van der Waals surface area contributed by atoms with Gasteiger partial charge in [-0.05, 0) is 44.3 Å². The van der Waals surface area contributed by atoms with E-state index in [1.165, 1.54) is 5.56 Å². The molecule has 0 aromatic heterocycles. The standard InChI is InChI=1S/C17H24N2O/c20-16(19-15-8-12-18-13-9-15)17(10-4-5-11-17)14-6-2-1-3-7-14/h1-3,6-7,15,18H,4-5,8-13H2,(H,19,20). The summed E-state index contributed by atoms with van der Waals surface area (Å²) in [7, 11) is 0. The summed E-state index contributed by atoms with van der Waals surface area (Å²) in [4.78, 5) is 12.9. The Bertz CT molecular complexity index is 445. The second kappa shape index (κ2) is 5.96. The van der Waals surface area contributed by atoms with Crippen LogP contribution in [0.3, 0.4) is 0 Å². The van der Waals surface area contributed by atoms with Crippen molar-refractivity contribution in [1.82, 2.24) is 10.6 Å². The average molecular weight is 272 g/mol. The Morgan fingerprint density at radius 1 is 1.10 bits per heavy atom. The van der Waals surface area contributed by atoms with Crippen molar-refractivity contribution < 1.29 is 4.79 Å². The maximum atomic E-state index is 12.9. The van der Waals surface area contributed by atoms with E-state index in [0.717, 1.165) is 51.6 Å². The molecule has 2 aliphatic rings. The minimum Gasteiger partial charge on any atom is -0.353 e. The van der Waals surface area contributed by atoms with Gasteiger partial charge in [0.05, 0.1) is 5.41 Å². The second-order valence-corrected chi connectivity index (χ2v) is 6.15. The quantitative estimate of drug-likeness (QED) is 0.887. The number of benzene rings is 1. The molecule has 2 fully saturated rings. The van der Waals surface area contributed by atoms with Crippen molar-refractivity contribution in [2.45, 2.75) is 50.0 Å². The van der Waals surface area contributed by atoms with Gasteiger partial charge in [-0.25, -0.2) is 0 Å². The molecule has 1 aliphatic heterocycles. The molecule has 2 N–H and O–H groups in total. The van der Waals surface area contributed by atoms with Crippen molar-refractivity contribution in [2.75, 3.05) is 13.1 Å². The third-order valence-corrected chi connectivity index (χ3v) is 4.89. The van der Waals surface area contributed by atoms with E-state index in [1.54, 1.807) is 0 Å². The van der Waals surface area contributed by atoms with E-state index in [2.05, 4.69) is 22.8 Å². The highest BCUT2D eigenvalue weighted by Crippen LogP contribution is 2.41. The number of carbonyl (C=O) groups excluding carboxylic acids is 1. The summed E-state index contributed by atoms with van der Waals surface area (Å²) < 4.78 is 0. The molecular formula is C17H24N2O. The molecule has 1 saturated heterocycles. The topological polar surface area (TPSA) is 41.1 Å². The zero-order valence-corrected chi connectivity index (χ0v) is 12.0. The molecule has 1 aliphatic carbocycles. The first-order valence-electron chi connectivity index (χ1n) is 7.88. The first-order valence-corrected chi connectivity index (χ1v) is 7.88. The molecule has 20 heavy (non-hydrogen) atoms. The Balaban J connectivity index is 1.78. The van der Waals surface area contributed by atoms with Crippen LogP contribution in [-0.4, -0.2) is 25.0 Å². The lowest BCUT2D eigenvalue weighted by Crippen LogP contribution is -2.50. The summed E-state index contributed by atoms with van der Waals surface area (Å²) >= 11 is 0. The summed E-state index contributed by atoms with van der Waals surface area (Å²) in [6.45, 7) is 2.03. The van der Waals surface area contributed by atoms with Crippen molar-refractivity contribution in [1.29, 1.82) is 0 Å². The largest absolute Gasteiger partial charge is 0.353 e. The van der Waals surface area contributed by atoms with E-state index in [1.807, 2.05) is 18.2 Å². The van der Waals surface area contributed by atoms with Crippen LogP contribution < -0.4 is 10.6 Å². The number of hydrogen-bond donors (Lipinski definition) is 2. The Kier molecular flexibility index (Phi) is 4.06. The van der Waals surface area contributed by atoms with Gasteiger partial charge >= 0.3 is 0 Å². The lowest BCUT2D eigenvalue weighted by molar-refractivity contribution is -0.127. The van der Waals surface area contributed by atoms with Crippen LogP contribution in [-0.2, 0) is 10.2 Å².